The molecule has 0 aromatic heterocycles. The van der Waals surface area contributed by atoms with Crippen molar-refractivity contribution in [3.05, 3.63) is 47.0 Å². The molecule has 4 aliphatic rings. The van der Waals surface area contributed by atoms with Crippen LogP contribution >= 0.6 is 0 Å². The topological polar surface area (TPSA) is 26.3 Å². The van der Waals surface area contributed by atoms with E-state index in [4.69, 9.17) is 4.74 Å². The average Bonchev–Trinajstić information content (AvgIpc) is 3.22. The maximum Gasteiger partial charge on any atom is 0.338 e. The van der Waals surface area contributed by atoms with Gasteiger partial charge in [0.05, 0.1) is 5.56 Å². The van der Waals surface area contributed by atoms with Crippen molar-refractivity contribution < 1.29 is 9.53 Å². The highest BCUT2D eigenvalue weighted by Crippen LogP contribution is 2.66. The van der Waals surface area contributed by atoms with Crippen LogP contribution in [0, 0.1) is 40.4 Å². The van der Waals surface area contributed by atoms with Gasteiger partial charge in [-0.25, -0.2) is 4.79 Å². The minimum absolute atomic E-state index is 0.0781. The summed E-state index contributed by atoms with van der Waals surface area (Å²) in [4.78, 5) is 12.7. The molecule has 0 saturated heterocycles. The lowest BCUT2D eigenvalue weighted by atomic mass is 9.50. The Labute approximate surface area is 220 Å². The summed E-state index contributed by atoms with van der Waals surface area (Å²) in [5.74, 6) is 3.94. The molecule has 0 heterocycles. The van der Waals surface area contributed by atoms with Crippen LogP contribution in [0.4, 0.5) is 0 Å². The summed E-state index contributed by atoms with van der Waals surface area (Å²) >= 11 is 0. The van der Waals surface area contributed by atoms with Crippen LogP contribution in [0.25, 0.3) is 0 Å². The largest absolute Gasteiger partial charge is 0.459 e. The predicted octanol–water partition coefficient (Wildman–Crippen LogP) is 9.40. The first-order valence-electron chi connectivity index (χ1n) is 15.2. The number of esters is 1. The molecule has 36 heavy (non-hydrogen) atoms. The number of hydrogen-bond acceptors (Lipinski definition) is 2. The summed E-state index contributed by atoms with van der Waals surface area (Å²) in [7, 11) is 0. The molecule has 1 aromatic carbocycles. The van der Waals surface area contributed by atoms with E-state index in [-0.39, 0.29) is 12.1 Å². The van der Waals surface area contributed by atoms with Crippen molar-refractivity contribution >= 4 is 5.97 Å². The molecule has 0 spiro atoms. The molecule has 0 radical (unpaired) electrons. The first-order chi connectivity index (χ1) is 17.2. The molecule has 1 aromatic rings. The lowest BCUT2D eigenvalue weighted by molar-refractivity contribution is -0.0157. The van der Waals surface area contributed by atoms with Crippen LogP contribution in [-0.2, 0) is 4.74 Å². The van der Waals surface area contributed by atoms with E-state index in [1.165, 1.54) is 64.2 Å². The molecule has 0 aliphatic heterocycles. The van der Waals surface area contributed by atoms with Gasteiger partial charge in [0, 0.05) is 0 Å². The number of allylic oxidation sites excluding steroid dienone is 2. The van der Waals surface area contributed by atoms with Crippen molar-refractivity contribution in [3.63, 3.8) is 0 Å². The highest BCUT2D eigenvalue weighted by Gasteiger charge is 2.56. The van der Waals surface area contributed by atoms with Gasteiger partial charge in [0.2, 0.25) is 0 Å². The minimum atomic E-state index is -0.145. The zero-order valence-corrected chi connectivity index (χ0v) is 23.7. The van der Waals surface area contributed by atoms with Gasteiger partial charge in [-0.1, -0.05) is 83.2 Å². The van der Waals surface area contributed by atoms with Crippen LogP contribution in [0.1, 0.15) is 122 Å². The van der Waals surface area contributed by atoms with E-state index < -0.39 is 0 Å². The molecule has 2 saturated carbocycles. The fourth-order valence-electron chi connectivity index (χ4n) is 9.35. The van der Waals surface area contributed by atoms with E-state index in [1.807, 2.05) is 41.5 Å². The molecule has 2 fully saturated rings. The molecule has 0 N–H and O–H groups in total. The maximum atomic E-state index is 12.7. The van der Waals surface area contributed by atoms with Crippen molar-refractivity contribution in [3.8, 4) is 0 Å². The van der Waals surface area contributed by atoms with Gasteiger partial charge >= 0.3 is 5.97 Å². The van der Waals surface area contributed by atoms with E-state index >= 15 is 0 Å². The molecular formula is C34H50O2. The highest BCUT2D eigenvalue weighted by molar-refractivity contribution is 5.89. The third-order valence-corrected chi connectivity index (χ3v) is 11.4. The van der Waals surface area contributed by atoms with Crippen molar-refractivity contribution in [2.24, 2.45) is 40.4 Å². The Morgan fingerprint density at radius 1 is 0.972 bits per heavy atom. The summed E-state index contributed by atoms with van der Waals surface area (Å²) in [6, 6.07) is 9.52. The molecule has 2 heteroatoms. The summed E-state index contributed by atoms with van der Waals surface area (Å²) < 4.78 is 6.03. The lowest BCUT2D eigenvalue weighted by Crippen LogP contribution is -2.46. The standard InChI is InChI=1S/C34H50O2/c1-23(2)10-9-11-24(3)29-16-17-30-28-15-14-26-22-27(36-32(35)25-12-7-6-8-13-25)18-20-33(26,4)31(28)19-21-34(29,30)5/h6-8,12-13,23-24,26-27,29-30H,9-11,14-22H2,1-5H3/t24-,26+,27-,29+,30-,33+,34-/m1/s1. The fraction of sp³-hybridized carbons (Fsp3) is 0.735. The molecule has 0 bridgehead atoms. The summed E-state index contributed by atoms with van der Waals surface area (Å²) in [5, 5.41) is 0. The van der Waals surface area contributed by atoms with E-state index in [1.54, 1.807) is 0 Å². The van der Waals surface area contributed by atoms with Crippen LogP contribution in [-0.4, -0.2) is 12.1 Å². The molecule has 198 valence electrons. The summed E-state index contributed by atoms with van der Waals surface area (Å²) in [5.41, 5.74) is 5.26. The normalized spacial score (nSPS) is 36.7. The van der Waals surface area contributed by atoms with E-state index in [0.29, 0.717) is 22.3 Å². The Kier molecular flexibility index (Phi) is 7.45. The molecule has 7 atom stereocenters. The number of rotatable bonds is 7. The van der Waals surface area contributed by atoms with E-state index in [2.05, 4.69) is 34.6 Å². The van der Waals surface area contributed by atoms with Gasteiger partial charge in [-0.3, -0.25) is 0 Å². The molecule has 5 rings (SSSR count). The SMILES string of the molecule is CC(C)CCC[C@@H](C)[C@@H]1CC[C@@H]2C3=C(CC[C@@]21C)[C@@]1(C)CC[C@@H](OC(=O)c2ccccc2)C[C@@H]1CC3. The summed E-state index contributed by atoms with van der Waals surface area (Å²) in [6.07, 6.45) is 15.7. The Morgan fingerprint density at radius 3 is 2.50 bits per heavy atom. The van der Waals surface area contributed by atoms with Gasteiger partial charge in [0.1, 0.15) is 6.10 Å². The fourth-order valence-corrected chi connectivity index (χ4v) is 9.35. The number of hydrogen-bond donors (Lipinski definition) is 0. The zero-order chi connectivity index (χ0) is 25.5. The first kappa shape index (κ1) is 26.1. The quantitative estimate of drug-likeness (QED) is 0.281. The number of ether oxygens (including phenoxy) is 1. The average molecular weight is 491 g/mol. The first-order valence-corrected chi connectivity index (χ1v) is 15.2. The van der Waals surface area contributed by atoms with Crippen LogP contribution in [0.3, 0.4) is 0 Å². The zero-order valence-electron chi connectivity index (χ0n) is 23.7. The van der Waals surface area contributed by atoms with Gasteiger partial charge in [0.25, 0.3) is 0 Å². The van der Waals surface area contributed by atoms with Crippen LogP contribution < -0.4 is 0 Å². The molecule has 4 aliphatic carbocycles. The lowest BCUT2D eigenvalue weighted by Gasteiger charge is -2.55. The van der Waals surface area contributed by atoms with Gasteiger partial charge in [-0.15, -0.1) is 0 Å². The van der Waals surface area contributed by atoms with Crippen LogP contribution in [0.5, 0.6) is 0 Å². The van der Waals surface area contributed by atoms with E-state index in [9.17, 15) is 4.79 Å². The van der Waals surface area contributed by atoms with Crippen molar-refractivity contribution in [2.75, 3.05) is 0 Å². The Hall–Kier alpha value is -1.57. The van der Waals surface area contributed by atoms with Crippen molar-refractivity contribution in [2.45, 2.75) is 118 Å². The number of benzene rings is 1. The molecule has 0 amide bonds. The second-order valence-electron chi connectivity index (χ2n) is 13.9. The van der Waals surface area contributed by atoms with Crippen LogP contribution in [0.2, 0.25) is 0 Å². The minimum Gasteiger partial charge on any atom is -0.459 e. The van der Waals surface area contributed by atoms with Gasteiger partial charge in [-0.05, 0) is 110 Å². The maximum absolute atomic E-state index is 12.7. The molecule has 2 nitrogen and oxygen atoms in total. The second kappa shape index (κ2) is 10.3. The van der Waals surface area contributed by atoms with Crippen molar-refractivity contribution in [1.82, 2.24) is 0 Å². The van der Waals surface area contributed by atoms with E-state index in [0.717, 1.165) is 36.5 Å². The van der Waals surface area contributed by atoms with Gasteiger partial charge < -0.3 is 4.74 Å². The number of carbonyl (C=O) groups is 1. The predicted molar refractivity (Wildman–Crippen MR) is 149 cm³/mol. The summed E-state index contributed by atoms with van der Waals surface area (Å²) in [6.45, 7) is 12.5. The highest BCUT2D eigenvalue weighted by atomic mass is 16.5. The van der Waals surface area contributed by atoms with Gasteiger partial charge in [-0.2, -0.15) is 0 Å². The van der Waals surface area contributed by atoms with Gasteiger partial charge in [0.15, 0.2) is 0 Å². The van der Waals surface area contributed by atoms with Crippen molar-refractivity contribution in [1.29, 1.82) is 0 Å². The van der Waals surface area contributed by atoms with Crippen LogP contribution in [0.15, 0.2) is 41.5 Å². The Bertz CT molecular complexity index is 961. The number of carbonyl (C=O) groups excluding carboxylic acids is 1. The monoisotopic (exact) mass is 490 g/mol. The Balaban J connectivity index is 1.27. The Morgan fingerprint density at radius 2 is 1.75 bits per heavy atom. The molecule has 0 unspecified atom stereocenters. The molecular weight excluding hydrogens is 440 g/mol. The second-order valence-corrected chi connectivity index (χ2v) is 13.9. The third-order valence-electron chi connectivity index (χ3n) is 11.4. The smallest absolute Gasteiger partial charge is 0.338 e. The number of fused-ring (bicyclic) bond motifs is 4. The third kappa shape index (κ3) is 4.71.